The number of hydrogen-bond donors (Lipinski definition) is 2. The first-order chi connectivity index (χ1) is 5.56. The highest BCUT2D eigenvalue weighted by Crippen LogP contribution is 2.13. The molecule has 0 saturated carbocycles. The Morgan fingerprint density at radius 3 is 2.17 bits per heavy atom. The van der Waals surface area contributed by atoms with Crippen LogP contribution in [0, 0.1) is 0 Å². The number of benzene rings is 1. The Kier molecular flexibility index (Phi) is 2.84. The van der Waals surface area contributed by atoms with Gasteiger partial charge in [-0.25, -0.2) is 8.42 Å². The predicted octanol–water partition coefficient (Wildman–Crippen LogP) is 1.12. The van der Waals surface area contributed by atoms with Crippen LogP contribution in [0.1, 0.15) is 0 Å². The van der Waals surface area contributed by atoms with Gasteiger partial charge in [0.25, 0.3) is 10.0 Å². The normalized spacial score (nSPS) is 11.5. The van der Waals surface area contributed by atoms with Crippen LogP contribution in [0.2, 0.25) is 0 Å². The molecule has 0 spiro atoms. The fraction of sp³-hybridized carbons (Fsp3) is 0. The van der Waals surface area contributed by atoms with Crippen molar-refractivity contribution in [3.8, 4) is 0 Å². The molecule has 0 radical (unpaired) electrons. The lowest BCUT2D eigenvalue weighted by Gasteiger charge is -1.99. The molecule has 2 N–H and O–H groups in total. The van der Waals surface area contributed by atoms with Crippen molar-refractivity contribution in [2.75, 3.05) is 0 Å². The standard InChI is InChI=1S/C6H6BrNO3S/c7-5-1-3-6(4-2-5)12(10,11)8-9/h1-4,8-9H. The van der Waals surface area contributed by atoms with E-state index in [1.165, 1.54) is 17.0 Å². The van der Waals surface area contributed by atoms with Crippen LogP contribution in [-0.2, 0) is 10.0 Å². The van der Waals surface area contributed by atoms with Gasteiger partial charge in [0, 0.05) is 4.47 Å². The third-order valence-corrected chi connectivity index (χ3v) is 2.91. The Hall–Kier alpha value is -0.430. The van der Waals surface area contributed by atoms with E-state index in [4.69, 9.17) is 5.21 Å². The Morgan fingerprint density at radius 1 is 1.25 bits per heavy atom. The molecule has 0 amide bonds. The lowest BCUT2D eigenvalue weighted by atomic mass is 10.4. The first-order valence-electron chi connectivity index (χ1n) is 2.98. The summed E-state index contributed by atoms with van der Waals surface area (Å²) >= 11 is 3.16. The first-order valence-corrected chi connectivity index (χ1v) is 5.25. The summed E-state index contributed by atoms with van der Waals surface area (Å²) in [6.45, 7) is 0. The van der Waals surface area contributed by atoms with E-state index in [1.54, 1.807) is 12.1 Å². The number of rotatable bonds is 2. The van der Waals surface area contributed by atoms with E-state index < -0.39 is 10.0 Å². The van der Waals surface area contributed by atoms with Gasteiger partial charge in [0.15, 0.2) is 0 Å². The highest BCUT2D eigenvalue weighted by Gasteiger charge is 2.10. The molecule has 1 aromatic carbocycles. The first kappa shape index (κ1) is 9.66. The minimum Gasteiger partial charge on any atom is -0.302 e. The predicted molar refractivity (Wildman–Crippen MR) is 46.3 cm³/mol. The number of hydrogen-bond acceptors (Lipinski definition) is 3. The second-order valence-corrected chi connectivity index (χ2v) is 4.63. The van der Waals surface area contributed by atoms with Crippen LogP contribution in [0.5, 0.6) is 0 Å². The highest BCUT2D eigenvalue weighted by molar-refractivity contribution is 9.10. The Labute approximate surface area is 78.4 Å². The van der Waals surface area contributed by atoms with Crippen molar-refractivity contribution in [1.82, 2.24) is 4.89 Å². The zero-order chi connectivity index (χ0) is 9.19. The van der Waals surface area contributed by atoms with E-state index in [9.17, 15) is 8.42 Å². The number of nitrogens with one attached hydrogen (secondary N) is 1. The molecule has 0 aliphatic heterocycles. The SMILES string of the molecule is O=S(=O)(NO)c1ccc(Br)cc1. The van der Waals surface area contributed by atoms with Crippen LogP contribution >= 0.6 is 15.9 Å². The topological polar surface area (TPSA) is 66.4 Å². The highest BCUT2D eigenvalue weighted by atomic mass is 79.9. The van der Waals surface area contributed by atoms with Crippen molar-refractivity contribution in [3.63, 3.8) is 0 Å². The molecule has 4 nitrogen and oxygen atoms in total. The average molecular weight is 252 g/mol. The molecule has 6 heteroatoms. The minimum atomic E-state index is -3.73. The van der Waals surface area contributed by atoms with Crippen molar-refractivity contribution in [1.29, 1.82) is 0 Å². The van der Waals surface area contributed by atoms with Crippen LogP contribution in [0.25, 0.3) is 0 Å². The molecular weight excluding hydrogens is 246 g/mol. The summed E-state index contributed by atoms with van der Waals surface area (Å²) in [5, 5.41) is 8.27. The fourth-order valence-corrected chi connectivity index (χ4v) is 1.53. The smallest absolute Gasteiger partial charge is 0.262 e. The number of sulfonamides is 1. The molecule has 0 heterocycles. The molecule has 0 aliphatic rings. The molecule has 66 valence electrons. The molecule has 1 aromatic rings. The van der Waals surface area contributed by atoms with Crippen LogP contribution in [0.15, 0.2) is 33.6 Å². The summed E-state index contributed by atoms with van der Waals surface area (Å²) in [6, 6.07) is 5.90. The van der Waals surface area contributed by atoms with Crippen molar-refractivity contribution in [2.45, 2.75) is 4.90 Å². The zero-order valence-corrected chi connectivity index (χ0v) is 8.26. The quantitative estimate of drug-likeness (QED) is 0.775. The van der Waals surface area contributed by atoms with E-state index in [1.807, 2.05) is 0 Å². The molecule has 0 aromatic heterocycles. The molecule has 0 atom stereocenters. The minimum absolute atomic E-state index is 0.0215. The van der Waals surface area contributed by atoms with E-state index >= 15 is 0 Å². The van der Waals surface area contributed by atoms with Gasteiger partial charge in [-0.1, -0.05) is 20.8 Å². The molecular formula is C6H6BrNO3S. The largest absolute Gasteiger partial charge is 0.302 e. The number of halogens is 1. The monoisotopic (exact) mass is 251 g/mol. The van der Waals surface area contributed by atoms with Gasteiger partial charge in [-0.05, 0) is 24.3 Å². The van der Waals surface area contributed by atoms with Crippen LogP contribution in [0.3, 0.4) is 0 Å². The molecule has 1 rings (SSSR count). The van der Waals surface area contributed by atoms with Gasteiger partial charge in [-0.15, -0.1) is 0 Å². The Balaban J connectivity index is 3.14. The summed E-state index contributed by atoms with van der Waals surface area (Å²) < 4.78 is 22.6. The third kappa shape index (κ3) is 2.04. The van der Waals surface area contributed by atoms with Crippen LogP contribution < -0.4 is 4.89 Å². The van der Waals surface area contributed by atoms with Gasteiger partial charge >= 0.3 is 0 Å². The Bertz CT molecular complexity index is 359. The molecule has 0 saturated heterocycles. The maximum Gasteiger partial charge on any atom is 0.262 e. The van der Waals surface area contributed by atoms with Crippen LogP contribution in [0.4, 0.5) is 0 Å². The van der Waals surface area contributed by atoms with E-state index in [2.05, 4.69) is 15.9 Å². The summed E-state index contributed by atoms with van der Waals surface area (Å²) in [5.74, 6) is 0. The third-order valence-electron chi connectivity index (χ3n) is 1.24. The molecule has 0 unspecified atom stereocenters. The Morgan fingerprint density at radius 2 is 1.75 bits per heavy atom. The summed E-state index contributed by atoms with van der Waals surface area (Å²) in [7, 11) is -3.73. The lowest BCUT2D eigenvalue weighted by Crippen LogP contribution is -2.19. The van der Waals surface area contributed by atoms with Gasteiger partial charge in [0.1, 0.15) is 0 Å². The van der Waals surface area contributed by atoms with E-state index in [0.29, 0.717) is 0 Å². The molecule has 0 fully saturated rings. The maximum absolute atomic E-state index is 10.9. The van der Waals surface area contributed by atoms with Gasteiger partial charge in [-0.2, -0.15) is 0 Å². The van der Waals surface area contributed by atoms with Crippen molar-refractivity contribution >= 4 is 26.0 Å². The molecule has 0 aliphatic carbocycles. The van der Waals surface area contributed by atoms with Crippen molar-refractivity contribution in [2.24, 2.45) is 0 Å². The maximum atomic E-state index is 10.9. The van der Waals surface area contributed by atoms with Crippen LogP contribution in [-0.4, -0.2) is 13.6 Å². The van der Waals surface area contributed by atoms with E-state index in [0.717, 1.165) is 4.47 Å². The molecule has 12 heavy (non-hydrogen) atoms. The van der Waals surface area contributed by atoms with Gasteiger partial charge in [0.05, 0.1) is 4.90 Å². The van der Waals surface area contributed by atoms with Gasteiger partial charge < -0.3 is 5.21 Å². The second kappa shape index (κ2) is 3.53. The summed E-state index contributed by atoms with van der Waals surface area (Å²) in [5.41, 5.74) is 0. The zero-order valence-electron chi connectivity index (χ0n) is 5.86. The van der Waals surface area contributed by atoms with Gasteiger partial charge in [-0.3, -0.25) is 0 Å². The second-order valence-electron chi connectivity index (χ2n) is 2.05. The van der Waals surface area contributed by atoms with Crippen molar-refractivity contribution < 1.29 is 13.6 Å². The van der Waals surface area contributed by atoms with E-state index in [-0.39, 0.29) is 4.90 Å². The summed E-state index contributed by atoms with van der Waals surface area (Å²) in [6.07, 6.45) is 0. The lowest BCUT2D eigenvalue weighted by molar-refractivity contribution is 0.242. The van der Waals surface area contributed by atoms with Crippen molar-refractivity contribution in [3.05, 3.63) is 28.7 Å². The average Bonchev–Trinajstić information content (AvgIpc) is 2.05. The molecule has 0 bridgehead atoms. The summed E-state index contributed by atoms with van der Waals surface area (Å²) in [4.78, 5) is 1.26. The van der Waals surface area contributed by atoms with Gasteiger partial charge in [0.2, 0.25) is 0 Å². The fourth-order valence-electron chi connectivity index (χ4n) is 0.666.